The Hall–Kier alpha value is -1.81. The zero-order valence-corrected chi connectivity index (χ0v) is 9.97. The molecule has 0 bridgehead atoms. The number of anilines is 1. The second-order valence-electron chi connectivity index (χ2n) is 3.69. The van der Waals surface area contributed by atoms with Crippen molar-refractivity contribution in [2.75, 3.05) is 18.8 Å². The Morgan fingerprint density at radius 2 is 2.18 bits per heavy atom. The number of hydroxylamine groups is 1. The van der Waals surface area contributed by atoms with Crippen LogP contribution in [0.1, 0.15) is 12.5 Å². The highest BCUT2D eigenvalue weighted by atomic mass is 16.7. The summed E-state index contributed by atoms with van der Waals surface area (Å²) < 4.78 is 5.00. The van der Waals surface area contributed by atoms with Crippen molar-refractivity contribution in [3.8, 4) is 0 Å². The van der Waals surface area contributed by atoms with Crippen LogP contribution in [-0.4, -0.2) is 19.7 Å². The summed E-state index contributed by atoms with van der Waals surface area (Å²) in [5, 5.41) is 1.59. The highest BCUT2D eigenvalue weighted by Gasteiger charge is 2.22. The molecule has 1 aromatic rings. The third-order valence-corrected chi connectivity index (χ3v) is 2.62. The van der Waals surface area contributed by atoms with E-state index in [0.29, 0.717) is 18.6 Å². The molecule has 1 aromatic carbocycles. The van der Waals surface area contributed by atoms with Crippen molar-refractivity contribution >= 4 is 11.7 Å². The van der Waals surface area contributed by atoms with Gasteiger partial charge in [-0.25, -0.2) is 9.86 Å². The average molecular weight is 233 g/mol. The van der Waals surface area contributed by atoms with Crippen LogP contribution in [0.25, 0.3) is 0 Å². The Kier molecular flexibility index (Phi) is 3.44. The molecule has 1 aliphatic heterocycles. The van der Waals surface area contributed by atoms with E-state index in [1.807, 2.05) is 24.3 Å². The summed E-state index contributed by atoms with van der Waals surface area (Å²) in [6, 6.07) is 7.82. The largest absolute Gasteiger partial charge is 0.463 e. The lowest BCUT2D eigenvalue weighted by Gasteiger charge is -2.26. The second-order valence-corrected chi connectivity index (χ2v) is 3.69. The van der Waals surface area contributed by atoms with Crippen LogP contribution in [0.3, 0.4) is 0 Å². The molecule has 1 heterocycles. The molecule has 4 heteroatoms. The van der Waals surface area contributed by atoms with Gasteiger partial charge >= 0.3 is 5.97 Å². The van der Waals surface area contributed by atoms with E-state index in [-0.39, 0.29) is 5.97 Å². The van der Waals surface area contributed by atoms with E-state index >= 15 is 0 Å². The van der Waals surface area contributed by atoms with Gasteiger partial charge in [0.1, 0.15) is 0 Å². The SMILES string of the molecule is CCOC(=O)C1=CN(OC)c2ccccc2C1. The van der Waals surface area contributed by atoms with Gasteiger partial charge in [-0.15, -0.1) is 0 Å². The van der Waals surface area contributed by atoms with Crippen LogP contribution in [0.2, 0.25) is 0 Å². The van der Waals surface area contributed by atoms with Crippen molar-refractivity contribution in [2.24, 2.45) is 0 Å². The molecule has 0 atom stereocenters. The normalized spacial score (nSPS) is 14.0. The number of nitrogens with zero attached hydrogens (tertiary/aromatic N) is 1. The predicted molar refractivity (Wildman–Crippen MR) is 64.4 cm³/mol. The average Bonchev–Trinajstić information content (AvgIpc) is 2.37. The maximum Gasteiger partial charge on any atom is 0.335 e. The number of hydrogen-bond donors (Lipinski definition) is 0. The lowest BCUT2D eigenvalue weighted by molar-refractivity contribution is -0.138. The minimum atomic E-state index is -0.288. The molecule has 0 saturated carbocycles. The number of ether oxygens (including phenoxy) is 1. The van der Waals surface area contributed by atoms with E-state index in [0.717, 1.165) is 11.3 Å². The number of benzene rings is 1. The molecule has 0 aromatic heterocycles. The zero-order valence-electron chi connectivity index (χ0n) is 9.97. The molecule has 0 amide bonds. The van der Waals surface area contributed by atoms with E-state index in [2.05, 4.69) is 0 Å². The fourth-order valence-corrected chi connectivity index (χ4v) is 1.84. The third kappa shape index (κ3) is 2.31. The van der Waals surface area contributed by atoms with E-state index < -0.39 is 0 Å². The van der Waals surface area contributed by atoms with Crippen molar-refractivity contribution < 1.29 is 14.4 Å². The lowest BCUT2D eigenvalue weighted by Crippen LogP contribution is -2.24. The van der Waals surface area contributed by atoms with Gasteiger partial charge in [-0.2, -0.15) is 0 Å². The Labute approximate surface area is 100 Å². The summed E-state index contributed by atoms with van der Waals surface area (Å²) in [6.07, 6.45) is 2.26. The van der Waals surface area contributed by atoms with E-state index in [4.69, 9.17) is 9.57 Å². The molecular weight excluding hydrogens is 218 g/mol. The van der Waals surface area contributed by atoms with Gasteiger partial charge in [0.25, 0.3) is 0 Å². The minimum absolute atomic E-state index is 0.288. The summed E-state index contributed by atoms with van der Waals surface area (Å²) in [7, 11) is 1.57. The quantitative estimate of drug-likeness (QED) is 0.749. The maximum atomic E-state index is 11.7. The molecule has 0 N–H and O–H groups in total. The van der Waals surface area contributed by atoms with E-state index in [1.165, 1.54) is 0 Å². The van der Waals surface area contributed by atoms with Gasteiger partial charge in [0.2, 0.25) is 0 Å². The Morgan fingerprint density at radius 3 is 2.88 bits per heavy atom. The summed E-state index contributed by atoms with van der Waals surface area (Å²) in [4.78, 5) is 16.9. The molecule has 90 valence electrons. The van der Waals surface area contributed by atoms with Gasteiger partial charge in [0, 0.05) is 12.6 Å². The highest BCUT2D eigenvalue weighted by Crippen LogP contribution is 2.28. The predicted octanol–water partition coefficient (Wildman–Crippen LogP) is 2.06. The molecule has 0 fully saturated rings. The molecule has 0 unspecified atom stereocenters. The standard InChI is InChI=1S/C13H15NO3/c1-3-17-13(15)11-8-10-6-4-5-7-12(10)14(9-11)16-2/h4-7,9H,3,8H2,1-2H3. The van der Waals surface area contributed by atoms with Crippen molar-refractivity contribution in [3.05, 3.63) is 41.6 Å². The van der Waals surface area contributed by atoms with Crippen molar-refractivity contribution in [1.82, 2.24) is 0 Å². The molecule has 4 nitrogen and oxygen atoms in total. The Balaban J connectivity index is 2.30. The maximum absolute atomic E-state index is 11.7. The lowest BCUT2D eigenvalue weighted by atomic mass is 10.0. The first kappa shape index (κ1) is 11.7. The zero-order chi connectivity index (χ0) is 12.3. The van der Waals surface area contributed by atoms with Crippen molar-refractivity contribution in [3.63, 3.8) is 0 Å². The fourth-order valence-electron chi connectivity index (χ4n) is 1.84. The van der Waals surface area contributed by atoms with Crippen LogP contribution >= 0.6 is 0 Å². The monoisotopic (exact) mass is 233 g/mol. The number of para-hydroxylation sites is 1. The van der Waals surface area contributed by atoms with Crippen LogP contribution in [0.15, 0.2) is 36.0 Å². The van der Waals surface area contributed by atoms with Crippen LogP contribution in [0, 0.1) is 0 Å². The summed E-state index contributed by atoms with van der Waals surface area (Å²) in [5.74, 6) is -0.288. The number of hydrogen-bond acceptors (Lipinski definition) is 4. The van der Waals surface area contributed by atoms with Crippen molar-refractivity contribution in [1.29, 1.82) is 0 Å². The molecule has 0 saturated heterocycles. The second kappa shape index (κ2) is 5.01. The third-order valence-electron chi connectivity index (χ3n) is 2.62. The first-order chi connectivity index (χ1) is 8.26. The summed E-state index contributed by atoms with van der Waals surface area (Å²) >= 11 is 0. The van der Waals surface area contributed by atoms with Crippen LogP contribution < -0.4 is 5.06 Å². The van der Waals surface area contributed by atoms with Gasteiger partial charge in [0.15, 0.2) is 0 Å². The van der Waals surface area contributed by atoms with Crippen LogP contribution in [-0.2, 0) is 20.8 Å². The number of esters is 1. The number of carbonyl (C=O) groups is 1. The first-order valence-electron chi connectivity index (χ1n) is 5.55. The van der Waals surface area contributed by atoms with Gasteiger partial charge in [-0.3, -0.25) is 4.84 Å². The molecule has 0 aliphatic carbocycles. The topological polar surface area (TPSA) is 38.8 Å². The van der Waals surface area contributed by atoms with E-state index in [9.17, 15) is 4.79 Å². The first-order valence-corrected chi connectivity index (χ1v) is 5.55. The molecule has 1 aliphatic rings. The number of fused-ring (bicyclic) bond motifs is 1. The van der Waals surface area contributed by atoms with Crippen LogP contribution in [0.4, 0.5) is 5.69 Å². The fraction of sp³-hybridized carbons (Fsp3) is 0.308. The van der Waals surface area contributed by atoms with E-state index in [1.54, 1.807) is 25.3 Å². The molecule has 17 heavy (non-hydrogen) atoms. The van der Waals surface area contributed by atoms with Crippen molar-refractivity contribution in [2.45, 2.75) is 13.3 Å². The summed E-state index contributed by atoms with van der Waals surface area (Å²) in [6.45, 7) is 2.17. The van der Waals surface area contributed by atoms with Gasteiger partial charge in [-0.1, -0.05) is 18.2 Å². The van der Waals surface area contributed by atoms with Gasteiger partial charge < -0.3 is 4.74 Å². The highest BCUT2D eigenvalue weighted by molar-refractivity contribution is 5.90. The number of carbonyl (C=O) groups excluding carboxylic acids is 1. The summed E-state index contributed by atoms with van der Waals surface area (Å²) in [5.41, 5.74) is 2.62. The number of rotatable bonds is 3. The Morgan fingerprint density at radius 1 is 1.41 bits per heavy atom. The Bertz CT molecular complexity index is 454. The molecule has 0 spiro atoms. The van der Waals surface area contributed by atoms with Gasteiger partial charge in [-0.05, 0) is 18.6 Å². The smallest absolute Gasteiger partial charge is 0.335 e. The molecular formula is C13H15NO3. The molecule has 0 radical (unpaired) electrons. The minimum Gasteiger partial charge on any atom is -0.463 e. The van der Waals surface area contributed by atoms with Crippen LogP contribution in [0.5, 0.6) is 0 Å². The van der Waals surface area contributed by atoms with Gasteiger partial charge in [0.05, 0.1) is 25.0 Å². The molecule has 2 rings (SSSR count).